The second-order valence-electron chi connectivity index (χ2n) is 9.78. The number of aryl methyl sites for hydroxylation is 1. The number of nitrogens with one attached hydrogen (secondary N) is 2. The van der Waals surface area contributed by atoms with Crippen LogP contribution in [0.5, 0.6) is 17.4 Å². The molecule has 8 nitrogen and oxygen atoms in total. The lowest BCUT2D eigenvalue weighted by molar-refractivity contribution is 0.102. The number of aromatic amines is 1. The Morgan fingerprint density at radius 1 is 1.05 bits per heavy atom. The van der Waals surface area contributed by atoms with Crippen molar-refractivity contribution in [2.45, 2.75) is 32.8 Å². The highest BCUT2D eigenvalue weighted by Gasteiger charge is 2.16. The average Bonchev–Trinajstić information content (AvgIpc) is 3.39. The average molecular weight is 552 g/mol. The molecule has 0 saturated carbocycles. The number of para-hydroxylation sites is 1. The maximum Gasteiger partial charge on any atom is 0.276 e. The molecule has 41 heavy (non-hydrogen) atoms. The number of carbonyl (C=O) groups excluding carboxylic acids is 1. The summed E-state index contributed by atoms with van der Waals surface area (Å²) in [6.07, 6.45) is 14.7. The molecule has 0 aliphatic heterocycles. The van der Waals surface area contributed by atoms with Crippen molar-refractivity contribution < 1.29 is 18.7 Å². The number of ether oxygens (including phenoxy) is 2. The summed E-state index contributed by atoms with van der Waals surface area (Å²) in [6, 6.07) is 15.0. The van der Waals surface area contributed by atoms with Gasteiger partial charge in [0.05, 0.1) is 23.4 Å². The van der Waals surface area contributed by atoms with Crippen LogP contribution in [0.4, 0.5) is 10.1 Å². The van der Waals surface area contributed by atoms with Crippen molar-refractivity contribution in [3.05, 3.63) is 113 Å². The van der Waals surface area contributed by atoms with Gasteiger partial charge < -0.3 is 14.8 Å². The van der Waals surface area contributed by atoms with Crippen LogP contribution in [-0.4, -0.2) is 32.2 Å². The molecule has 0 bridgehead atoms. The van der Waals surface area contributed by atoms with E-state index >= 15 is 0 Å². The van der Waals surface area contributed by atoms with Gasteiger partial charge in [-0.1, -0.05) is 37.3 Å². The summed E-state index contributed by atoms with van der Waals surface area (Å²) in [7, 11) is 0. The van der Waals surface area contributed by atoms with Crippen molar-refractivity contribution in [3.63, 3.8) is 0 Å². The topological polar surface area (TPSA) is 102 Å². The van der Waals surface area contributed by atoms with Crippen LogP contribution in [0.3, 0.4) is 0 Å². The molecule has 3 aromatic heterocycles. The number of amides is 1. The fourth-order valence-corrected chi connectivity index (χ4v) is 4.27. The number of rotatable bonds is 6. The molecule has 0 radical (unpaired) electrons. The van der Waals surface area contributed by atoms with Gasteiger partial charge in [-0.2, -0.15) is 5.10 Å². The zero-order chi connectivity index (χ0) is 28.6. The lowest BCUT2D eigenvalue weighted by Crippen LogP contribution is -2.32. The monoisotopic (exact) mass is 551 g/mol. The van der Waals surface area contributed by atoms with Gasteiger partial charge in [0, 0.05) is 23.9 Å². The summed E-state index contributed by atoms with van der Waals surface area (Å²) in [5.41, 5.74) is 2.01. The summed E-state index contributed by atoms with van der Waals surface area (Å²) in [6.45, 7) is 4.11. The molecule has 4 aromatic rings. The Hall–Kier alpha value is -5.05. The zero-order valence-electron chi connectivity index (χ0n) is 22.8. The van der Waals surface area contributed by atoms with E-state index in [0.717, 1.165) is 34.1 Å². The third-order valence-corrected chi connectivity index (χ3v) is 6.30. The van der Waals surface area contributed by atoms with Gasteiger partial charge in [0.15, 0.2) is 5.69 Å². The summed E-state index contributed by atoms with van der Waals surface area (Å²) < 4.78 is 24.2. The molecule has 1 amide bonds. The molecule has 6 rings (SSSR count). The molecule has 2 aliphatic carbocycles. The molecule has 208 valence electrons. The largest absolute Gasteiger partial charge is 0.470 e. The lowest BCUT2D eigenvalue weighted by atomic mass is 10.0. The Bertz CT molecular complexity index is 1680. The van der Waals surface area contributed by atoms with E-state index in [0.29, 0.717) is 29.6 Å². The van der Waals surface area contributed by atoms with E-state index in [9.17, 15) is 9.18 Å². The van der Waals surface area contributed by atoms with E-state index in [1.807, 2.05) is 49.4 Å². The highest BCUT2D eigenvalue weighted by molar-refractivity contribution is 6.03. The Morgan fingerprint density at radius 2 is 1.90 bits per heavy atom. The van der Waals surface area contributed by atoms with Crippen LogP contribution in [0.1, 0.15) is 35.8 Å². The Labute approximate surface area is 237 Å². The van der Waals surface area contributed by atoms with Crippen LogP contribution >= 0.6 is 0 Å². The molecule has 2 aliphatic rings. The number of allylic oxidation sites excluding steroid dienone is 2. The number of hydrogen-bond donors (Lipinski definition) is 2. The number of pyridine rings is 2. The highest BCUT2D eigenvalue weighted by atomic mass is 19.1. The molecule has 3 heterocycles. The number of H-pyrrole nitrogens is 1. The number of aromatic nitrogens is 4. The first-order valence-corrected chi connectivity index (χ1v) is 13.3. The van der Waals surface area contributed by atoms with Crippen molar-refractivity contribution in [1.29, 1.82) is 0 Å². The second-order valence-corrected chi connectivity index (χ2v) is 9.78. The van der Waals surface area contributed by atoms with Crippen LogP contribution in [0.2, 0.25) is 0 Å². The second kappa shape index (κ2) is 12.9. The van der Waals surface area contributed by atoms with E-state index in [1.165, 1.54) is 18.3 Å². The standard InChI is InChI=1S/C20H19FN4O2.C12H11NO/c1-12-2-8-16-17(10-12)24-25-19(16)20(26)23-14-5-9-18(22-11-14)27-15-6-3-13(21)4-7-15;1-10-7-12(9-13-8-10)14-11-5-3-2-4-6-11/h3-6,8-12,15,24H,2,7H2,1H3,(H,23,26);2-9H,1H3. The fraction of sp³-hybridized carbons (Fsp3) is 0.188. The third kappa shape index (κ3) is 7.54. The Morgan fingerprint density at radius 3 is 2.63 bits per heavy atom. The molecule has 0 saturated heterocycles. The molecule has 0 spiro atoms. The fourth-order valence-electron chi connectivity index (χ4n) is 4.27. The molecular formula is C32H30FN5O3. The number of nitrogens with zero attached hydrogens (tertiary/aromatic N) is 3. The van der Waals surface area contributed by atoms with Gasteiger partial charge in [0.2, 0.25) is 5.88 Å². The van der Waals surface area contributed by atoms with E-state index in [2.05, 4.69) is 38.5 Å². The van der Waals surface area contributed by atoms with Crippen molar-refractivity contribution in [2.75, 3.05) is 5.32 Å². The van der Waals surface area contributed by atoms with Gasteiger partial charge >= 0.3 is 0 Å². The van der Waals surface area contributed by atoms with E-state index in [1.54, 1.807) is 30.6 Å². The van der Waals surface area contributed by atoms with Gasteiger partial charge in [-0.25, -0.2) is 9.37 Å². The summed E-state index contributed by atoms with van der Waals surface area (Å²) in [5.74, 6) is 1.89. The normalized spacial score (nSPS) is 17.0. The van der Waals surface area contributed by atoms with E-state index < -0.39 is 0 Å². The number of carbonyl (C=O) groups is 1. The summed E-state index contributed by atoms with van der Waals surface area (Å²) in [4.78, 5) is 20.8. The van der Waals surface area contributed by atoms with Crippen LogP contribution in [-0.2, 0) is 0 Å². The first kappa shape index (κ1) is 27.5. The van der Waals surface area contributed by atoms with E-state index in [4.69, 9.17) is 9.47 Å². The Balaban J connectivity index is 0.000000202. The first-order chi connectivity index (χ1) is 19.9. The number of fused-ring (bicyclic) bond motifs is 1. The number of anilines is 1. The summed E-state index contributed by atoms with van der Waals surface area (Å²) in [5, 5.41) is 11.6. The molecule has 9 heteroatoms. The van der Waals surface area contributed by atoms with Crippen LogP contribution in [0, 0.1) is 12.8 Å². The maximum atomic E-state index is 13.0. The van der Waals surface area contributed by atoms with Gasteiger partial charge in [0.25, 0.3) is 5.91 Å². The first-order valence-electron chi connectivity index (χ1n) is 13.3. The molecule has 2 N–H and O–H groups in total. The minimum Gasteiger partial charge on any atom is -0.470 e. The van der Waals surface area contributed by atoms with Gasteiger partial charge in [-0.05, 0) is 67.3 Å². The predicted octanol–water partition coefficient (Wildman–Crippen LogP) is 5.40. The van der Waals surface area contributed by atoms with Crippen molar-refractivity contribution in [2.24, 2.45) is 5.92 Å². The minimum atomic E-state index is -0.294. The number of halogens is 1. The quantitative estimate of drug-likeness (QED) is 0.333. The third-order valence-electron chi connectivity index (χ3n) is 6.30. The van der Waals surface area contributed by atoms with Gasteiger partial charge in [-0.15, -0.1) is 0 Å². The number of hydrogen-bond acceptors (Lipinski definition) is 6. The SMILES string of the molecule is CC1C=c2[nH]nc(C(=O)Nc3ccc(OC4C=CC(F)=CC4)nc3)c2=CC1.Cc1cncc(Oc2ccccc2)c1. The molecule has 1 aromatic carbocycles. The molecule has 2 unspecified atom stereocenters. The molecule has 0 fully saturated rings. The van der Waals surface area contributed by atoms with Crippen LogP contribution in [0.25, 0.3) is 12.2 Å². The molecule has 2 atom stereocenters. The van der Waals surface area contributed by atoms with Crippen molar-refractivity contribution in [1.82, 2.24) is 20.2 Å². The predicted molar refractivity (Wildman–Crippen MR) is 156 cm³/mol. The van der Waals surface area contributed by atoms with Crippen LogP contribution < -0.4 is 25.4 Å². The van der Waals surface area contributed by atoms with Gasteiger partial charge in [-0.3, -0.25) is 14.9 Å². The number of benzene rings is 1. The molecular weight excluding hydrogens is 521 g/mol. The maximum absolute atomic E-state index is 13.0. The Kier molecular flexibility index (Phi) is 8.64. The smallest absolute Gasteiger partial charge is 0.276 e. The highest BCUT2D eigenvalue weighted by Crippen LogP contribution is 2.21. The van der Waals surface area contributed by atoms with E-state index in [-0.39, 0.29) is 17.8 Å². The van der Waals surface area contributed by atoms with Crippen molar-refractivity contribution >= 4 is 23.7 Å². The lowest BCUT2D eigenvalue weighted by Gasteiger charge is -2.15. The summed E-state index contributed by atoms with van der Waals surface area (Å²) >= 11 is 0. The zero-order valence-corrected chi connectivity index (χ0v) is 22.8. The minimum absolute atomic E-state index is 0.248. The van der Waals surface area contributed by atoms with Gasteiger partial charge in [0.1, 0.15) is 23.4 Å². The van der Waals surface area contributed by atoms with Crippen LogP contribution in [0.15, 0.2) is 91.2 Å². The van der Waals surface area contributed by atoms with Crippen molar-refractivity contribution in [3.8, 4) is 17.4 Å².